The molecule has 0 aromatic heterocycles. The number of rotatable bonds is 7. The predicted octanol–water partition coefficient (Wildman–Crippen LogP) is 3.49. The van der Waals surface area contributed by atoms with Gasteiger partial charge < -0.3 is 10.6 Å². The van der Waals surface area contributed by atoms with Gasteiger partial charge in [-0.1, -0.05) is 42.5 Å². The van der Waals surface area contributed by atoms with Gasteiger partial charge in [0.25, 0.3) is 0 Å². The Labute approximate surface area is 138 Å². The molecule has 0 saturated carbocycles. The summed E-state index contributed by atoms with van der Waals surface area (Å²) in [6, 6.07) is 10.8. The second-order valence-corrected chi connectivity index (χ2v) is 7.48. The maximum atomic E-state index is 5.94. The van der Waals surface area contributed by atoms with Gasteiger partial charge in [-0.15, -0.1) is 0 Å². The number of likely N-dealkylation sites (tertiary alicyclic amines) is 1. The summed E-state index contributed by atoms with van der Waals surface area (Å²) >= 11 is 7.10. The molecule has 1 heterocycles. The van der Waals surface area contributed by atoms with Crippen LogP contribution >= 0.6 is 24.0 Å². The van der Waals surface area contributed by atoms with E-state index in [1.165, 1.54) is 31.4 Å². The molecule has 21 heavy (non-hydrogen) atoms. The number of hydrogen-bond acceptors (Lipinski definition) is 3. The molecule has 1 aromatic carbocycles. The Hall–Kier alpha value is -0.580. The topological polar surface area (TPSA) is 29.3 Å². The standard InChI is InChI=1S/C17H26N2S2/c1-21-17(16(18)20)10-13-19(14-11-17)12-6-5-9-15-7-3-2-4-8-15/h2-4,7-8H,5-6,9-14H2,1H3,(H2,18,20). The van der Waals surface area contributed by atoms with Crippen molar-refractivity contribution in [1.29, 1.82) is 0 Å². The molecule has 116 valence electrons. The minimum atomic E-state index is 0.0515. The lowest BCUT2D eigenvalue weighted by molar-refractivity contribution is 0.217. The van der Waals surface area contributed by atoms with Crippen molar-refractivity contribution in [3.8, 4) is 0 Å². The van der Waals surface area contributed by atoms with Crippen LogP contribution in [-0.2, 0) is 6.42 Å². The molecule has 2 nitrogen and oxygen atoms in total. The Morgan fingerprint density at radius 2 is 1.90 bits per heavy atom. The van der Waals surface area contributed by atoms with Crippen LogP contribution in [0.2, 0.25) is 0 Å². The van der Waals surface area contributed by atoms with E-state index in [1.807, 2.05) is 11.8 Å². The van der Waals surface area contributed by atoms with Gasteiger partial charge >= 0.3 is 0 Å². The average molecular weight is 323 g/mol. The van der Waals surface area contributed by atoms with Crippen LogP contribution in [0.1, 0.15) is 31.2 Å². The molecule has 1 aromatic rings. The van der Waals surface area contributed by atoms with Crippen LogP contribution in [0.3, 0.4) is 0 Å². The van der Waals surface area contributed by atoms with Crippen molar-refractivity contribution in [1.82, 2.24) is 4.90 Å². The molecule has 0 spiro atoms. The van der Waals surface area contributed by atoms with Crippen molar-refractivity contribution in [3.63, 3.8) is 0 Å². The lowest BCUT2D eigenvalue weighted by atomic mass is 9.95. The molecule has 0 aliphatic carbocycles. The Morgan fingerprint density at radius 3 is 2.48 bits per heavy atom. The highest BCUT2D eigenvalue weighted by Gasteiger charge is 2.36. The van der Waals surface area contributed by atoms with Crippen LogP contribution in [0, 0.1) is 0 Å². The van der Waals surface area contributed by atoms with Crippen LogP contribution < -0.4 is 5.73 Å². The lowest BCUT2D eigenvalue weighted by Crippen LogP contribution is -2.49. The molecule has 2 N–H and O–H groups in total. The Balaban J connectivity index is 1.66. The summed E-state index contributed by atoms with van der Waals surface area (Å²) in [5.41, 5.74) is 7.39. The molecule has 2 rings (SSSR count). The van der Waals surface area contributed by atoms with Gasteiger partial charge in [-0.3, -0.25) is 0 Å². The highest BCUT2D eigenvalue weighted by Crippen LogP contribution is 2.34. The summed E-state index contributed by atoms with van der Waals surface area (Å²) in [7, 11) is 0. The van der Waals surface area contributed by atoms with Crippen LogP contribution in [-0.4, -0.2) is 40.5 Å². The second kappa shape index (κ2) is 8.16. The highest BCUT2D eigenvalue weighted by molar-refractivity contribution is 8.02. The van der Waals surface area contributed by atoms with E-state index in [2.05, 4.69) is 41.5 Å². The van der Waals surface area contributed by atoms with Crippen molar-refractivity contribution >= 4 is 29.0 Å². The molecule has 0 bridgehead atoms. The van der Waals surface area contributed by atoms with Gasteiger partial charge in [0, 0.05) is 0 Å². The summed E-state index contributed by atoms with van der Waals surface area (Å²) in [6.45, 7) is 3.46. The molecule has 0 atom stereocenters. The zero-order valence-corrected chi connectivity index (χ0v) is 14.5. The number of thioether (sulfide) groups is 1. The van der Waals surface area contributed by atoms with Crippen LogP contribution in [0.5, 0.6) is 0 Å². The molecular weight excluding hydrogens is 296 g/mol. The van der Waals surface area contributed by atoms with E-state index in [0.29, 0.717) is 4.99 Å². The summed E-state index contributed by atoms with van der Waals surface area (Å²) in [4.78, 5) is 3.26. The van der Waals surface area contributed by atoms with Crippen LogP contribution in [0.15, 0.2) is 30.3 Å². The van der Waals surface area contributed by atoms with E-state index in [1.54, 1.807) is 0 Å². The van der Waals surface area contributed by atoms with Crippen LogP contribution in [0.4, 0.5) is 0 Å². The molecule has 0 unspecified atom stereocenters. The van der Waals surface area contributed by atoms with E-state index in [0.717, 1.165) is 25.9 Å². The van der Waals surface area contributed by atoms with Crippen molar-refractivity contribution in [2.45, 2.75) is 36.9 Å². The largest absolute Gasteiger partial charge is 0.392 e. The molecule has 1 aliphatic heterocycles. The minimum Gasteiger partial charge on any atom is -0.392 e. The first-order valence-electron chi connectivity index (χ1n) is 7.78. The quantitative estimate of drug-likeness (QED) is 0.614. The van der Waals surface area contributed by atoms with E-state index in [4.69, 9.17) is 18.0 Å². The number of hydrogen-bond donors (Lipinski definition) is 1. The maximum Gasteiger partial charge on any atom is 0.0891 e. The Morgan fingerprint density at radius 1 is 1.24 bits per heavy atom. The third-order valence-electron chi connectivity index (χ3n) is 4.54. The maximum absolute atomic E-state index is 5.94. The molecule has 4 heteroatoms. The van der Waals surface area contributed by atoms with E-state index < -0.39 is 0 Å². The van der Waals surface area contributed by atoms with E-state index in [9.17, 15) is 0 Å². The molecular formula is C17H26N2S2. The average Bonchev–Trinajstić information content (AvgIpc) is 2.53. The van der Waals surface area contributed by atoms with Crippen molar-refractivity contribution in [2.75, 3.05) is 25.9 Å². The fraction of sp³-hybridized carbons (Fsp3) is 0.588. The van der Waals surface area contributed by atoms with Gasteiger partial charge in [-0.25, -0.2) is 0 Å². The third kappa shape index (κ3) is 4.70. The molecule has 0 amide bonds. The highest BCUT2D eigenvalue weighted by atomic mass is 32.2. The predicted molar refractivity (Wildman–Crippen MR) is 98.1 cm³/mol. The van der Waals surface area contributed by atoms with Gasteiger partial charge in [0.2, 0.25) is 0 Å². The first kappa shape index (κ1) is 16.8. The van der Waals surface area contributed by atoms with Crippen molar-refractivity contribution in [3.05, 3.63) is 35.9 Å². The van der Waals surface area contributed by atoms with Gasteiger partial charge in [-0.2, -0.15) is 11.8 Å². The van der Waals surface area contributed by atoms with Crippen LogP contribution in [0.25, 0.3) is 0 Å². The normalized spacial score (nSPS) is 18.5. The number of aryl methyl sites for hydroxylation is 1. The summed E-state index contributed by atoms with van der Waals surface area (Å²) in [5, 5.41) is 0. The van der Waals surface area contributed by atoms with Crippen molar-refractivity contribution in [2.24, 2.45) is 5.73 Å². The summed E-state index contributed by atoms with van der Waals surface area (Å²) in [5.74, 6) is 0. The summed E-state index contributed by atoms with van der Waals surface area (Å²) in [6.07, 6.45) is 8.06. The minimum absolute atomic E-state index is 0.0515. The SMILES string of the molecule is CSC1(C(N)=S)CCN(CCCCc2ccccc2)CC1. The first-order valence-corrected chi connectivity index (χ1v) is 9.41. The first-order chi connectivity index (χ1) is 10.2. The zero-order valence-electron chi connectivity index (χ0n) is 12.9. The second-order valence-electron chi connectivity index (χ2n) is 5.85. The van der Waals surface area contributed by atoms with E-state index >= 15 is 0 Å². The fourth-order valence-corrected chi connectivity index (χ4v) is 4.24. The fourth-order valence-electron chi connectivity index (χ4n) is 3.00. The number of nitrogens with two attached hydrogens (primary N) is 1. The number of nitrogens with zero attached hydrogens (tertiary/aromatic N) is 1. The number of unbranched alkanes of at least 4 members (excludes halogenated alkanes) is 1. The van der Waals surface area contributed by atoms with Crippen molar-refractivity contribution < 1.29 is 0 Å². The van der Waals surface area contributed by atoms with Gasteiger partial charge in [0.1, 0.15) is 0 Å². The van der Waals surface area contributed by atoms with Gasteiger partial charge in [0.05, 0.1) is 9.74 Å². The molecule has 0 radical (unpaired) electrons. The monoisotopic (exact) mass is 322 g/mol. The number of benzene rings is 1. The van der Waals surface area contributed by atoms with E-state index in [-0.39, 0.29) is 4.75 Å². The summed E-state index contributed by atoms with van der Waals surface area (Å²) < 4.78 is 0.0515. The lowest BCUT2D eigenvalue weighted by Gasteiger charge is -2.40. The Bertz CT molecular complexity index is 439. The zero-order chi connectivity index (χ0) is 15.1. The number of thiocarbonyl (C=S) groups is 1. The smallest absolute Gasteiger partial charge is 0.0891 e. The molecule has 1 aliphatic rings. The van der Waals surface area contributed by atoms with Gasteiger partial charge in [-0.05, 0) is 63.6 Å². The third-order valence-corrected chi connectivity index (χ3v) is 6.47. The number of piperidine rings is 1. The molecule has 1 saturated heterocycles. The Kier molecular flexibility index (Phi) is 6.52. The molecule has 1 fully saturated rings. The van der Waals surface area contributed by atoms with Gasteiger partial charge in [0.15, 0.2) is 0 Å².